The van der Waals surface area contributed by atoms with E-state index in [4.69, 9.17) is 0 Å². The predicted molar refractivity (Wildman–Crippen MR) is 68.7 cm³/mol. The first-order valence-corrected chi connectivity index (χ1v) is 5.85. The monoisotopic (exact) mass is 244 g/mol. The van der Waals surface area contributed by atoms with Gasteiger partial charge in [-0.15, -0.1) is 0 Å². The molecule has 0 amide bonds. The number of anilines is 3. The Morgan fingerprint density at radius 2 is 2.17 bits per heavy atom. The van der Waals surface area contributed by atoms with Gasteiger partial charge in [-0.25, -0.2) is 9.37 Å². The Morgan fingerprint density at radius 1 is 1.33 bits per heavy atom. The molecule has 0 spiro atoms. The van der Waals surface area contributed by atoms with Crippen molar-refractivity contribution in [2.75, 3.05) is 23.8 Å². The molecule has 3 rings (SSSR count). The third-order valence-electron chi connectivity index (χ3n) is 3.09. The topological polar surface area (TPSA) is 41.1 Å². The van der Waals surface area contributed by atoms with Crippen LogP contribution < -0.4 is 10.2 Å². The van der Waals surface area contributed by atoms with Crippen LogP contribution in [0.2, 0.25) is 0 Å². The van der Waals surface area contributed by atoms with E-state index in [1.54, 1.807) is 7.05 Å². The van der Waals surface area contributed by atoms with Crippen molar-refractivity contribution in [2.45, 2.75) is 6.42 Å². The van der Waals surface area contributed by atoms with Crippen molar-refractivity contribution in [3.05, 3.63) is 41.8 Å². The first-order valence-electron chi connectivity index (χ1n) is 5.85. The fourth-order valence-corrected chi connectivity index (χ4v) is 2.23. The summed E-state index contributed by atoms with van der Waals surface area (Å²) in [5, 5.41) is 2.83. The molecule has 0 fully saturated rings. The average molecular weight is 244 g/mol. The molecule has 18 heavy (non-hydrogen) atoms. The molecule has 2 aromatic rings. The lowest BCUT2D eigenvalue weighted by Gasteiger charge is -2.19. The molecule has 92 valence electrons. The number of hydrogen-bond acceptors (Lipinski definition) is 4. The molecule has 1 aromatic heterocycles. The van der Waals surface area contributed by atoms with Gasteiger partial charge in [0.2, 0.25) is 5.95 Å². The minimum Gasteiger partial charge on any atom is -0.357 e. The molecule has 0 unspecified atom stereocenters. The van der Waals surface area contributed by atoms with E-state index in [-0.39, 0.29) is 0 Å². The molecule has 0 bridgehead atoms. The van der Waals surface area contributed by atoms with Crippen LogP contribution in [-0.2, 0) is 6.42 Å². The molecule has 1 aliphatic heterocycles. The van der Waals surface area contributed by atoms with Crippen LogP contribution in [0.15, 0.2) is 30.5 Å². The molecule has 0 saturated heterocycles. The third kappa shape index (κ3) is 1.68. The Kier molecular flexibility index (Phi) is 2.59. The summed E-state index contributed by atoms with van der Waals surface area (Å²) >= 11 is 0. The molecule has 2 heterocycles. The molecule has 0 saturated carbocycles. The third-order valence-corrected chi connectivity index (χ3v) is 3.09. The van der Waals surface area contributed by atoms with Crippen molar-refractivity contribution < 1.29 is 4.39 Å². The van der Waals surface area contributed by atoms with Crippen LogP contribution in [-0.4, -0.2) is 23.6 Å². The molecule has 4 nitrogen and oxygen atoms in total. The lowest BCUT2D eigenvalue weighted by Crippen LogP contribution is -2.17. The maximum Gasteiger partial charge on any atom is 0.224 e. The minimum absolute atomic E-state index is 0.333. The molecule has 1 aliphatic rings. The van der Waals surface area contributed by atoms with Gasteiger partial charge in [0, 0.05) is 19.3 Å². The van der Waals surface area contributed by atoms with Crippen molar-refractivity contribution >= 4 is 17.5 Å². The maximum atomic E-state index is 13.9. The second-order valence-electron chi connectivity index (χ2n) is 4.15. The predicted octanol–water partition coefficient (Wildman–Crippen LogP) is 2.35. The zero-order chi connectivity index (χ0) is 12.5. The van der Waals surface area contributed by atoms with Gasteiger partial charge in [0.1, 0.15) is 0 Å². The van der Waals surface area contributed by atoms with Crippen molar-refractivity contribution in [1.82, 2.24) is 9.97 Å². The van der Waals surface area contributed by atoms with Gasteiger partial charge in [-0.05, 0) is 18.1 Å². The van der Waals surface area contributed by atoms with Crippen LogP contribution in [0.5, 0.6) is 0 Å². The first kappa shape index (κ1) is 11.0. The zero-order valence-electron chi connectivity index (χ0n) is 10.0. The van der Waals surface area contributed by atoms with Gasteiger partial charge in [0.05, 0.1) is 6.20 Å². The van der Waals surface area contributed by atoms with E-state index in [0.717, 1.165) is 18.7 Å². The fourth-order valence-electron chi connectivity index (χ4n) is 2.23. The number of nitrogens with zero attached hydrogens (tertiary/aromatic N) is 3. The summed E-state index contributed by atoms with van der Waals surface area (Å²) < 4.78 is 13.9. The van der Waals surface area contributed by atoms with Gasteiger partial charge < -0.3 is 10.2 Å². The Bertz CT molecular complexity index is 585. The van der Waals surface area contributed by atoms with Crippen molar-refractivity contribution in [2.24, 2.45) is 0 Å². The zero-order valence-corrected chi connectivity index (χ0v) is 10.0. The summed E-state index contributed by atoms with van der Waals surface area (Å²) in [5.74, 6) is 0.362. The number of para-hydroxylation sites is 1. The van der Waals surface area contributed by atoms with E-state index in [2.05, 4.69) is 21.4 Å². The number of rotatable bonds is 2. The average Bonchev–Trinajstić information content (AvgIpc) is 2.83. The van der Waals surface area contributed by atoms with E-state index < -0.39 is 5.82 Å². The Morgan fingerprint density at radius 3 is 3.00 bits per heavy atom. The van der Waals surface area contributed by atoms with Crippen molar-refractivity contribution in [3.8, 4) is 0 Å². The molecule has 0 radical (unpaired) electrons. The van der Waals surface area contributed by atoms with Gasteiger partial charge >= 0.3 is 0 Å². The van der Waals surface area contributed by atoms with Crippen LogP contribution in [0.25, 0.3) is 0 Å². The molecule has 1 N–H and O–H groups in total. The molecule has 5 heteroatoms. The molecule has 0 aliphatic carbocycles. The van der Waals surface area contributed by atoms with Gasteiger partial charge in [0.15, 0.2) is 11.6 Å². The minimum atomic E-state index is -0.397. The van der Waals surface area contributed by atoms with E-state index >= 15 is 0 Å². The quantitative estimate of drug-likeness (QED) is 0.880. The van der Waals surface area contributed by atoms with Crippen molar-refractivity contribution in [3.63, 3.8) is 0 Å². The molecular formula is C13H13FN4. The Labute approximate surface area is 104 Å². The highest BCUT2D eigenvalue weighted by atomic mass is 19.1. The second-order valence-corrected chi connectivity index (χ2v) is 4.15. The van der Waals surface area contributed by atoms with E-state index in [1.807, 2.05) is 23.1 Å². The summed E-state index contributed by atoms with van der Waals surface area (Å²) in [5.41, 5.74) is 2.25. The van der Waals surface area contributed by atoms with Crippen LogP contribution >= 0.6 is 0 Å². The normalized spacial score (nSPS) is 13.6. The summed E-state index contributed by atoms with van der Waals surface area (Å²) in [6.07, 6.45) is 2.11. The first-order chi connectivity index (χ1) is 8.79. The number of nitrogens with one attached hydrogen (secondary N) is 1. The van der Waals surface area contributed by atoms with Crippen LogP contribution in [0.1, 0.15) is 5.56 Å². The summed E-state index contributed by atoms with van der Waals surface area (Å²) in [4.78, 5) is 9.96. The SMILES string of the molecule is CNc1ncc(F)c(N2CCc3ccccc32)n1. The number of hydrogen-bond donors (Lipinski definition) is 1. The second kappa shape index (κ2) is 4.25. The number of fused-ring (bicyclic) bond motifs is 1. The molecule has 0 atom stereocenters. The number of aromatic nitrogens is 2. The fraction of sp³-hybridized carbons (Fsp3) is 0.231. The summed E-state index contributed by atoms with van der Waals surface area (Å²) in [6, 6.07) is 8.00. The highest BCUT2D eigenvalue weighted by Gasteiger charge is 2.23. The van der Waals surface area contributed by atoms with Crippen LogP contribution in [0.3, 0.4) is 0 Å². The largest absolute Gasteiger partial charge is 0.357 e. The molecule has 1 aromatic carbocycles. The maximum absolute atomic E-state index is 13.9. The lowest BCUT2D eigenvalue weighted by molar-refractivity contribution is 0.612. The van der Waals surface area contributed by atoms with E-state index in [0.29, 0.717) is 11.8 Å². The van der Waals surface area contributed by atoms with Gasteiger partial charge in [-0.1, -0.05) is 18.2 Å². The van der Waals surface area contributed by atoms with Gasteiger partial charge in [0.25, 0.3) is 0 Å². The standard InChI is InChI=1S/C13H13FN4/c1-15-13-16-8-10(14)12(17-13)18-7-6-9-4-2-3-5-11(9)18/h2-5,8H,6-7H2,1H3,(H,15,16,17). The lowest BCUT2D eigenvalue weighted by atomic mass is 10.2. The van der Waals surface area contributed by atoms with Crippen LogP contribution in [0, 0.1) is 5.82 Å². The smallest absolute Gasteiger partial charge is 0.224 e. The molecular weight excluding hydrogens is 231 g/mol. The van der Waals surface area contributed by atoms with Gasteiger partial charge in [-0.3, -0.25) is 0 Å². The highest BCUT2D eigenvalue weighted by molar-refractivity contribution is 5.68. The van der Waals surface area contributed by atoms with Gasteiger partial charge in [-0.2, -0.15) is 4.98 Å². The Hall–Kier alpha value is -2.17. The van der Waals surface area contributed by atoms with E-state index in [9.17, 15) is 4.39 Å². The number of halogens is 1. The number of benzene rings is 1. The van der Waals surface area contributed by atoms with E-state index in [1.165, 1.54) is 11.8 Å². The Balaban J connectivity index is 2.07. The highest BCUT2D eigenvalue weighted by Crippen LogP contribution is 2.34. The summed E-state index contributed by atoms with van der Waals surface area (Å²) in [6.45, 7) is 0.746. The van der Waals surface area contributed by atoms with Crippen molar-refractivity contribution in [1.29, 1.82) is 0 Å². The van der Waals surface area contributed by atoms with Crippen LogP contribution in [0.4, 0.5) is 21.8 Å². The summed E-state index contributed by atoms with van der Waals surface area (Å²) in [7, 11) is 1.72.